The number of para-hydroxylation sites is 1. The van der Waals surface area contributed by atoms with Gasteiger partial charge in [0, 0.05) is 0 Å². The van der Waals surface area contributed by atoms with E-state index in [2.05, 4.69) is 4.98 Å². The molecule has 19 heavy (non-hydrogen) atoms. The van der Waals surface area contributed by atoms with E-state index in [1.165, 1.54) is 6.20 Å². The molecule has 1 aromatic carbocycles. The number of benzene rings is 1. The topological polar surface area (TPSA) is 72.6 Å². The van der Waals surface area contributed by atoms with Crippen LogP contribution in [0.2, 0.25) is 0 Å². The first kappa shape index (κ1) is 13.1. The van der Waals surface area contributed by atoms with E-state index in [0.717, 1.165) is 0 Å². The number of oxazole rings is 1. The van der Waals surface area contributed by atoms with Gasteiger partial charge in [0.2, 0.25) is 5.89 Å². The molecule has 0 aliphatic carbocycles. The zero-order chi connectivity index (χ0) is 13.9. The van der Waals surface area contributed by atoms with Crippen molar-refractivity contribution in [2.24, 2.45) is 0 Å². The van der Waals surface area contributed by atoms with E-state index in [1.54, 1.807) is 13.8 Å². The van der Waals surface area contributed by atoms with Crippen LogP contribution < -0.4 is 4.74 Å². The lowest BCUT2D eigenvalue weighted by atomic mass is 9.91. The highest BCUT2D eigenvalue weighted by Crippen LogP contribution is 2.24. The number of rotatable bonds is 5. The van der Waals surface area contributed by atoms with Crippen LogP contribution in [0.5, 0.6) is 5.75 Å². The summed E-state index contributed by atoms with van der Waals surface area (Å²) >= 11 is 0. The van der Waals surface area contributed by atoms with Gasteiger partial charge in [0.05, 0.1) is 6.20 Å². The van der Waals surface area contributed by atoms with E-state index in [9.17, 15) is 4.79 Å². The highest BCUT2D eigenvalue weighted by molar-refractivity contribution is 5.79. The molecule has 0 saturated carbocycles. The van der Waals surface area contributed by atoms with Gasteiger partial charge in [-0.1, -0.05) is 18.2 Å². The maximum atomic E-state index is 11.1. The molecule has 0 aliphatic rings. The minimum Gasteiger partial charge on any atom is -0.484 e. The quantitative estimate of drug-likeness (QED) is 0.895. The van der Waals surface area contributed by atoms with E-state index < -0.39 is 11.4 Å². The van der Waals surface area contributed by atoms with Crippen LogP contribution in [0.25, 0.3) is 0 Å². The van der Waals surface area contributed by atoms with E-state index in [4.69, 9.17) is 14.3 Å². The molecule has 0 unspecified atom stereocenters. The van der Waals surface area contributed by atoms with Crippen LogP contribution in [-0.4, -0.2) is 16.1 Å². The predicted octanol–water partition coefficient (Wildman–Crippen LogP) is 2.62. The zero-order valence-corrected chi connectivity index (χ0v) is 10.8. The lowest BCUT2D eigenvalue weighted by Gasteiger charge is -2.14. The van der Waals surface area contributed by atoms with Crippen molar-refractivity contribution in [2.75, 3.05) is 0 Å². The first-order valence-corrected chi connectivity index (χ1v) is 5.86. The molecule has 1 aromatic heterocycles. The van der Waals surface area contributed by atoms with Gasteiger partial charge in [0.25, 0.3) is 0 Å². The van der Waals surface area contributed by atoms with Crippen LogP contribution in [0.15, 0.2) is 40.9 Å². The third kappa shape index (κ3) is 2.93. The molecule has 2 rings (SSSR count). The Morgan fingerprint density at radius 1 is 1.37 bits per heavy atom. The zero-order valence-electron chi connectivity index (χ0n) is 10.8. The van der Waals surface area contributed by atoms with E-state index in [0.29, 0.717) is 17.4 Å². The Morgan fingerprint density at radius 2 is 2.05 bits per heavy atom. The average Bonchev–Trinajstić information content (AvgIpc) is 2.87. The third-order valence-electron chi connectivity index (χ3n) is 2.81. The normalized spacial score (nSPS) is 11.3. The first-order chi connectivity index (χ1) is 9.00. The van der Waals surface area contributed by atoms with Crippen molar-refractivity contribution in [1.29, 1.82) is 0 Å². The molecule has 5 heteroatoms. The molecule has 0 radical (unpaired) electrons. The van der Waals surface area contributed by atoms with Crippen LogP contribution in [0.3, 0.4) is 0 Å². The summed E-state index contributed by atoms with van der Waals surface area (Å²) in [6, 6.07) is 9.27. The number of ether oxygens (including phenoxy) is 1. The molecule has 0 fully saturated rings. The molecule has 0 bridgehead atoms. The Labute approximate surface area is 110 Å². The highest BCUT2D eigenvalue weighted by atomic mass is 16.5. The summed E-state index contributed by atoms with van der Waals surface area (Å²) in [5.41, 5.74) is -1.10. The Morgan fingerprint density at radius 3 is 2.68 bits per heavy atom. The highest BCUT2D eigenvalue weighted by Gasteiger charge is 2.33. The number of carbonyl (C=O) groups is 1. The number of carboxylic acid groups (broad SMARTS) is 1. The van der Waals surface area contributed by atoms with Crippen molar-refractivity contribution in [1.82, 2.24) is 4.98 Å². The van der Waals surface area contributed by atoms with E-state index >= 15 is 0 Å². The number of aliphatic carboxylic acids is 1. The maximum absolute atomic E-state index is 11.1. The summed E-state index contributed by atoms with van der Waals surface area (Å²) in [6.45, 7) is 3.30. The minimum atomic E-state index is -1.10. The van der Waals surface area contributed by atoms with Crippen LogP contribution >= 0.6 is 0 Å². The van der Waals surface area contributed by atoms with Gasteiger partial charge in [0.15, 0.2) is 6.61 Å². The number of aromatic nitrogens is 1. The van der Waals surface area contributed by atoms with Crippen LogP contribution in [0, 0.1) is 0 Å². The number of hydrogen-bond acceptors (Lipinski definition) is 4. The molecular weight excluding hydrogens is 246 g/mol. The Kier molecular flexibility index (Phi) is 3.55. The summed E-state index contributed by atoms with van der Waals surface area (Å²) < 4.78 is 10.9. The van der Waals surface area contributed by atoms with Crippen molar-refractivity contribution in [3.63, 3.8) is 0 Å². The molecule has 1 heterocycles. The molecule has 2 aromatic rings. The molecule has 1 N–H and O–H groups in total. The smallest absolute Gasteiger partial charge is 0.316 e. The van der Waals surface area contributed by atoms with Crippen LogP contribution in [0.4, 0.5) is 0 Å². The molecule has 100 valence electrons. The van der Waals surface area contributed by atoms with Gasteiger partial charge >= 0.3 is 5.97 Å². The molecule has 5 nitrogen and oxygen atoms in total. The van der Waals surface area contributed by atoms with Gasteiger partial charge in [-0.3, -0.25) is 4.79 Å². The summed E-state index contributed by atoms with van der Waals surface area (Å²) in [7, 11) is 0. The largest absolute Gasteiger partial charge is 0.484 e. The second kappa shape index (κ2) is 5.14. The van der Waals surface area contributed by atoms with Crippen LogP contribution in [0.1, 0.15) is 25.5 Å². The molecule has 0 aliphatic heterocycles. The van der Waals surface area contributed by atoms with Gasteiger partial charge in [-0.05, 0) is 26.0 Å². The minimum absolute atomic E-state index is 0.166. The fraction of sp³-hybridized carbons (Fsp3) is 0.286. The van der Waals surface area contributed by atoms with Gasteiger partial charge < -0.3 is 14.3 Å². The van der Waals surface area contributed by atoms with Crippen molar-refractivity contribution in [2.45, 2.75) is 25.9 Å². The monoisotopic (exact) mass is 261 g/mol. The lowest BCUT2D eigenvalue weighted by Crippen LogP contribution is -2.27. The second-order valence-corrected chi connectivity index (χ2v) is 4.65. The van der Waals surface area contributed by atoms with Gasteiger partial charge in [-0.2, -0.15) is 0 Å². The maximum Gasteiger partial charge on any atom is 0.316 e. The SMILES string of the molecule is CC(C)(C(=O)O)c1cnc(COc2ccccc2)o1. The van der Waals surface area contributed by atoms with Crippen molar-refractivity contribution < 1.29 is 19.1 Å². The number of carboxylic acids is 1. The standard InChI is InChI=1S/C14H15NO4/c1-14(2,13(16)17)11-8-15-12(19-11)9-18-10-6-4-3-5-7-10/h3-8H,9H2,1-2H3,(H,16,17). The fourth-order valence-corrected chi connectivity index (χ4v) is 1.43. The Hall–Kier alpha value is -2.30. The summed E-state index contributed by atoms with van der Waals surface area (Å²) in [6.07, 6.45) is 1.43. The molecule has 0 saturated heterocycles. The molecular formula is C14H15NO4. The van der Waals surface area contributed by atoms with E-state index in [-0.39, 0.29) is 6.61 Å². The average molecular weight is 261 g/mol. The second-order valence-electron chi connectivity index (χ2n) is 4.65. The van der Waals surface area contributed by atoms with Gasteiger partial charge in [-0.15, -0.1) is 0 Å². The van der Waals surface area contributed by atoms with Crippen molar-refractivity contribution >= 4 is 5.97 Å². The molecule has 0 amide bonds. The van der Waals surface area contributed by atoms with Gasteiger partial charge in [-0.25, -0.2) is 4.98 Å². The third-order valence-corrected chi connectivity index (χ3v) is 2.81. The fourth-order valence-electron chi connectivity index (χ4n) is 1.43. The van der Waals surface area contributed by atoms with E-state index in [1.807, 2.05) is 30.3 Å². The van der Waals surface area contributed by atoms with Gasteiger partial charge in [0.1, 0.15) is 16.9 Å². The summed E-state index contributed by atoms with van der Waals surface area (Å²) in [4.78, 5) is 15.1. The first-order valence-electron chi connectivity index (χ1n) is 5.86. The molecule has 0 spiro atoms. The van der Waals surface area contributed by atoms with Crippen molar-refractivity contribution in [3.8, 4) is 5.75 Å². The number of hydrogen-bond donors (Lipinski definition) is 1. The summed E-state index contributed by atoms with van der Waals surface area (Å²) in [5.74, 6) is 0.416. The Bertz CT molecular complexity index is 560. The number of nitrogens with zero attached hydrogens (tertiary/aromatic N) is 1. The summed E-state index contributed by atoms with van der Waals surface area (Å²) in [5, 5.41) is 9.09. The lowest BCUT2D eigenvalue weighted by molar-refractivity contribution is -0.143. The predicted molar refractivity (Wildman–Crippen MR) is 67.9 cm³/mol. The van der Waals surface area contributed by atoms with Crippen LogP contribution in [-0.2, 0) is 16.8 Å². The molecule has 0 atom stereocenters. The van der Waals surface area contributed by atoms with Crippen molar-refractivity contribution in [3.05, 3.63) is 48.2 Å². The Balaban J connectivity index is 2.04.